The fraction of sp³-hybridized carbons (Fsp3) is 0.400. The summed E-state index contributed by atoms with van der Waals surface area (Å²) in [6.45, 7) is 7.60. The molecule has 1 fully saturated rings. The van der Waals surface area contributed by atoms with Crippen molar-refractivity contribution in [3.8, 4) is 0 Å². The van der Waals surface area contributed by atoms with Crippen LogP contribution in [0.5, 0.6) is 0 Å². The number of carbonyl (C=O) groups is 1. The van der Waals surface area contributed by atoms with E-state index in [-0.39, 0.29) is 11.8 Å². The molecule has 1 aliphatic heterocycles. The molecule has 1 saturated heterocycles. The monoisotopic (exact) mass is 246 g/mol. The molecule has 1 heterocycles. The van der Waals surface area contributed by atoms with Gasteiger partial charge in [0, 0.05) is 5.57 Å². The first-order valence-electron chi connectivity index (χ1n) is 6.15. The summed E-state index contributed by atoms with van der Waals surface area (Å²) in [6, 6.07) is 9.49. The molecule has 0 aromatic heterocycles. The number of hydrogen-bond acceptors (Lipinski definition) is 3. The Morgan fingerprint density at radius 1 is 1.28 bits per heavy atom. The molecular weight excluding hydrogens is 228 g/mol. The number of benzene rings is 1. The molecule has 1 aromatic rings. The summed E-state index contributed by atoms with van der Waals surface area (Å²) in [6.07, 6.45) is -1.06. The lowest BCUT2D eigenvalue weighted by molar-refractivity contribution is -0.140. The van der Waals surface area contributed by atoms with Crippen molar-refractivity contribution in [3.05, 3.63) is 48.0 Å². The molecule has 1 aromatic carbocycles. The Morgan fingerprint density at radius 3 is 2.44 bits per heavy atom. The van der Waals surface area contributed by atoms with Crippen molar-refractivity contribution in [2.24, 2.45) is 11.8 Å². The highest BCUT2D eigenvalue weighted by molar-refractivity contribution is 5.91. The van der Waals surface area contributed by atoms with Gasteiger partial charge in [0.2, 0.25) is 0 Å². The average molecular weight is 246 g/mol. The van der Waals surface area contributed by atoms with Crippen LogP contribution in [0.25, 0.3) is 0 Å². The van der Waals surface area contributed by atoms with Gasteiger partial charge in [-0.05, 0) is 11.5 Å². The number of aliphatic hydroxyl groups is 1. The zero-order valence-corrected chi connectivity index (χ0v) is 10.7. The maximum Gasteiger partial charge on any atom is 0.334 e. The predicted molar refractivity (Wildman–Crippen MR) is 68.7 cm³/mol. The standard InChI is InChI=1S/C15H18O3/c1-9(2)13(16)12-10(3)15(17)18-14(12)11-7-5-4-6-8-11/h4-9,12-14,16H,3H2,1-2H3/t12-,13-,14-/m1/s1. The van der Waals surface area contributed by atoms with Crippen LogP contribution in [-0.4, -0.2) is 17.2 Å². The summed E-state index contributed by atoms with van der Waals surface area (Å²) < 4.78 is 5.35. The smallest absolute Gasteiger partial charge is 0.334 e. The number of ether oxygens (including phenoxy) is 1. The first-order chi connectivity index (χ1) is 8.52. The van der Waals surface area contributed by atoms with E-state index >= 15 is 0 Å². The van der Waals surface area contributed by atoms with E-state index in [9.17, 15) is 9.90 Å². The van der Waals surface area contributed by atoms with E-state index in [0.29, 0.717) is 5.57 Å². The molecule has 0 spiro atoms. The lowest BCUT2D eigenvalue weighted by Crippen LogP contribution is -2.29. The Hall–Kier alpha value is -1.61. The molecule has 0 bridgehead atoms. The first kappa shape index (κ1) is 12.8. The fourth-order valence-corrected chi connectivity index (χ4v) is 2.30. The lowest BCUT2D eigenvalue weighted by atomic mass is 9.83. The molecule has 3 heteroatoms. The molecule has 3 nitrogen and oxygen atoms in total. The molecule has 0 amide bonds. The van der Waals surface area contributed by atoms with Crippen molar-refractivity contribution in [2.75, 3.05) is 0 Å². The number of cyclic esters (lactones) is 1. The van der Waals surface area contributed by atoms with Crippen molar-refractivity contribution < 1.29 is 14.6 Å². The van der Waals surface area contributed by atoms with Gasteiger partial charge in [-0.2, -0.15) is 0 Å². The zero-order chi connectivity index (χ0) is 13.3. The SMILES string of the molecule is C=C1C(=O)O[C@H](c2ccccc2)[C@H]1[C@H](O)C(C)C. The van der Waals surface area contributed by atoms with E-state index in [0.717, 1.165) is 5.56 Å². The molecule has 0 aliphatic carbocycles. The van der Waals surface area contributed by atoms with Crippen LogP contribution in [0.1, 0.15) is 25.5 Å². The van der Waals surface area contributed by atoms with Crippen molar-refractivity contribution in [1.82, 2.24) is 0 Å². The second-order valence-electron chi connectivity index (χ2n) is 5.02. The lowest BCUT2D eigenvalue weighted by Gasteiger charge is -2.25. The molecule has 2 rings (SSSR count). The average Bonchev–Trinajstić information content (AvgIpc) is 2.66. The van der Waals surface area contributed by atoms with E-state index in [1.54, 1.807) is 0 Å². The summed E-state index contributed by atoms with van der Waals surface area (Å²) in [5, 5.41) is 10.3. The molecular formula is C15H18O3. The molecule has 18 heavy (non-hydrogen) atoms. The summed E-state index contributed by atoms with van der Waals surface area (Å²) in [5.41, 5.74) is 1.26. The fourth-order valence-electron chi connectivity index (χ4n) is 2.30. The third-order valence-electron chi connectivity index (χ3n) is 3.40. The number of aliphatic hydroxyl groups excluding tert-OH is 1. The van der Waals surface area contributed by atoms with Crippen molar-refractivity contribution >= 4 is 5.97 Å². The predicted octanol–water partition coefficient (Wildman–Crippen LogP) is 2.47. The van der Waals surface area contributed by atoms with E-state index in [2.05, 4.69) is 6.58 Å². The van der Waals surface area contributed by atoms with Gasteiger partial charge in [-0.1, -0.05) is 50.8 Å². The van der Waals surface area contributed by atoms with Crippen molar-refractivity contribution in [3.63, 3.8) is 0 Å². The van der Waals surface area contributed by atoms with Gasteiger partial charge in [0.25, 0.3) is 0 Å². The van der Waals surface area contributed by atoms with Gasteiger partial charge in [-0.15, -0.1) is 0 Å². The van der Waals surface area contributed by atoms with Gasteiger partial charge in [-0.25, -0.2) is 4.79 Å². The Balaban J connectivity index is 2.34. The first-order valence-corrected chi connectivity index (χ1v) is 6.15. The van der Waals surface area contributed by atoms with Gasteiger partial charge in [0.05, 0.1) is 12.0 Å². The van der Waals surface area contributed by atoms with Gasteiger partial charge < -0.3 is 9.84 Å². The number of esters is 1. The highest BCUT2D eigenvalue weighted by Crippen LogP contribution is 2.41. The van der Waals surface area contributed by atoms with Gasteiger partial charge >= 0.3 is 5.97 Å². The van der Waals surface area contributed by atoms with Crippen LogP contribution in [0.4, 0.5) is 0 Å². The Morgan fingerprint density at radius 2 is 1.89 bits per heavy atom. The highest BCUT2D eigenvalue weighted by atomic mass is 16.6. The molecule has 0 unspecified atom stereocenters. The Labute approximate surface area is 107 Å². The van der Waals surface area contributed by atoms with Crippen LogP contribution in [0.3, 0.4) is 0 Å². The zero-order valence-electron chi connectivity index (χ0n) is 10.7. The topological polar surface area (TPSA) is 46.5 Å². The minimum Gasteiger partial charge on any atom is -0.453 e. The minimum atomic E-state index is -0.630. The summed E-state index contributed by atoms with van der Waals surface area (Å²) in [5.74, 6) is -0.721. The number of hydrogen-bond donors (Lipinski definition) is 1. The Kier molecular flexibility index (Phi) is 3.53. The largest absolute Gasteiger partial charge is 0.453 e. The van der Waals surface area contributed by atoms with Crippen LogP contribution in [0.2, 0.25) is 0 Å². The summed E-state index contributed by atoms with van der Waals surface area (Å²) >= 11 is 0. The number of carbonyl (C=O) groups excluding carboxylic acids is 1. The van der Waals surface area contributed by atoms with Gasteiger partial charge in [0.15, 0.2) is 0 Å². The van der Waals surface area contributed by atoms with E-state index < -0.39 is 18.2 Å². The quantitative estimate of drug-likeness (QED) is 0.658. The van der Waals surface area contributed by atoms with Crippen LogP contribution in [0, 0.1) is 11.8 Å². The molecule has 96 valence electrons. The highest BCUT2D eigenvalue weighted by Gasteiger charge is 2.44. The van der Waals surface area contributed by atoms with Crippen LogP contribution in [0.15, 0.2) is 42.5 Å². The molecule has 3 atom stereocenters. The molecule has 0 saturated carbocycles. The molecule has 1 aliphatic rings. The third-order valence-corrected chi connectivity index (χ3v) is 3.40. The Bertz CT molecular complexity index is 450. The number of rotatable bonds is 3. The van der Waals surface area contributed by atoms with Crippen LogP contribution in [-0.2, 0) is 9.53 Å². The maximum absolute atomic E-state index is 11.7. The van der Waals surface area contributed by atoms with Crippen molar-refractivity contribution in [1.29, 1.82) is 0 Å². The van der Waals surface area contributed by atoms with Crippen LogP contribution < -0.4 is 0 Å². The summed E-state index contributed by atoms with van der Waals surface area (Å²) in [4.78, 5) is 11.7. The van der Waals surface area contributed by atoms with E-state index in [1.165, 1.54) is 0 Å². The second kappa shape index (κ2) is 4.94. The van der Waals surface area contributed by atoms with Crippen LogP contribution >= 0.6 is 0 Å². The minimum absolute atomic E-state index is 0.0486. The normalized spacial score (nSPS) is 25.3. The molecule has 1 N–H and O–H groups in total. The van der Waals surface area contributed by atoms with Gasteiger partial charge in [0.1, 0.15) is 6.10 Å². The van der Waals surface area contributed by atoms with Crippen molar-refractivity contribution in [2.45, 2.75) is 26.1 Å². The molecule has 0 radical (unpaired) electrons. The maximum atomic E-state index is 11.7. The third kappa shape index (κ3) is 2.18. The summed E-state index contributed by atoms with van der Waals surface area (Å²) in [7, 11) is 0. The second-order valence-corrected chi connectivity index (χ2v) is 5.02. The van der Waals surface area contributed by atoms with E-state index in [1.807, 2.05) is 44.2 Å². The van der Waals surface area contributed by atoms with E-state index in [4.69, 9.17) is 4.74 Å². The van der Waals surface area contributed by atoms with Gasteiger partial charge in [-0.3, -0.25) is 0 Å².